The van der Waals surface area contributed by atoms with Crippen molar-refractivity contribution in [2.75, 3.05) is 31.1 Å². The van der Waals surface area contributed by atoms with Gasteiger partial charge in [0.15, 0.2) is 5.95 Å². The summed E-state index contributed by atoms with van der Waals surface area (Å²) in [5, 5.41) is 15.8. The number of amides is 1. The molecule has 27 heavy (non-hydrogen) atoms. The van der Waals surface area contributed by atoms with E-state index in [9.17, 15) is 14.3 Å². The molecule has 7 nitrogen and oxygen atoms in total. The van der Waals surface area contributed by atoms with Crippen LogP contribution in [0.4, 0.5) is 10.1 Å². The van der Waals surface area contributed by atoms with E-state index < -0.39 is 11.9 Å². The molecule has 1 aliphatic heterocycles. The van der Waals surface area contributed by atoms with E-state index in [1.807, 2.05) is 11.0 Å². The molecule has 0 N–H and O–H groups in total. The standard InChI is InChI=1S/C19H17FN4O3/c20-15-8-4-5-9-16(15)22-10-12-23(13-11-22)18(25)17-19(26)27-21-24(17)14-6-2-1-3-7-14/h1-9H,10-13H2. The largest absolute Gasteiger partial charge is 0.538 e. The van der Waals surface area contributed by atoms with Crippen molar-refractivity contribution in [2.45, 2.75) is 0 Å². The maximum atomic E-state index is 14.0. The number of benzene rings is 2. The van der Waals surface area contributed by atoms with E-state index in [1.165, 1.54) is 10.7 Å². The molecule has 8 heteroatoms. The van der Waals surface area contributed by atoms with Gasteiger partial charge in [-0.3, -0.25) is 4.79 Å². The van der Waals surface area contributed by atoms with Gasteiger partial charge in [0.05, 0.1) is 11.0 Å². The van der Waals surface area contributed by atoms with Gasteiger partial charge in [0.2, 0.25) is 5.69 Å². The second kappa shape index (κ2) is 7.06. The monoisotopic (exact) mass is 368 g/mol. The number of rotatable bonds is 3. The molecule has 1 aliphatic rings. The van der Waals surface area contributed by atoms with Crippen LogP contribution in [-0.2, 0) is 0 Å². The van der Waals surface area contributed by atoms with E-state index in [1.54, 1.807) is 47.4 Å². The number of hydrogen-bond acceptors (Lipinski definition) is 5. The Balaban J connectivity index is 1.53. The lowest BCUT2D eigenvalue weighted by Crippen LogP contribution is -2.52. The first kappa shape index (κ1) is 17.0. The Bertz CT molecular complexity index is 953. The van der Waals surface area contributed by atoms with Crippen molar-refractivity contribution in [3.8, 4) is 11.6 Å². The first-order chi connectivity index (χ1) is 13.1. The summed E-state index contributed by atoms with van der Waals surface area (Å²) in [5.74, 6) is -1.52. The van der Waals surface area contributed by atoms with Gasteiger partial charge in [-0.15, -0.1) is 0 Å². The summed E-state index contributed by atoms with van der Waals surface area (Å²) in [5.41, 5.74) is 0.940. The molecular formula is C19H17FN4O3. The molecule has 2 aromatic carbocycles. The van der Waals surface area contributed by atoms with Crippen LogP contribution in [0.5, 0.6) is 5.95 Å². The third kappa shape index (κ3) is 3.21. The average molecular weight is 368 g/mol. The van der Waals surface area contributed by atoms with Gasteiger partial charge in [-0.1, -0.05) is 30.3 Å². The number of carbonyl (C=O) groups is 1. The third-order valence-electron chi connectivity index (χ3n) is 4.57. The normalized spacial score (nSPS) is 14.4. The van der Waals surface area contributed by atoms with E-state index in [-0.39, 0.29) is 11.5 Å². The zero-order chi connectivity index (χ0) is 18.8. The highest BCUT2D eigenvalue weighted by Crippen LogP contribution is 2.21. The van der Waals surface area contributed by atoms with Gasteiger partial charge in [-0.2, -0.15) is 0 Å². The van der Waals surface area contributed by atoms with Gasteiger partial charge < -0.3 is 19.4 Å². The van der Waals surface area contributed by atoms with Crippen molar-refractivity contribution in [1.29, 1.82) is 0 Å². The summed E-state index contributed by atoms with van der Waals surface area (Å²) in [6, 6.07) is 15.4. The number of carbonyl (C=O) groups excluding carboxylic acids is 1. The van der Waals surface area contributed by atoms with Gasteiger partial charge >= 0.3 is 11.6 Å². The Labute approximate surface area is 154 Å². The summed E-state index contributed by atoms with van der Waals surface area (Å²) in [6.45, 7) is 1.67. The highest BCUT2D eigenvalue weighted by atomic mass is 19.1. The number of halogens is 1. The lowest BCUT2D eigenvalue weighted by Gasteiger charge is -2.35. The Hall–Kier alpha value is -3.42. The predicted octanol–water partition coefficient (Wildman–Crippen LogP) is 1.13. The van der Waals surface area contributed by atoms with Crippen molar-refractivity contribution in [1.82, 2.24) is 10.2 Å². The average Bonchev–Trinajstić information content (AvgIpc) is 3.10. The Morgan fingerprint density at radius 1 is 1.04 bits per heavy atom. The van der Waals surface area contributed by atoms with Crippen LogP contribution in [0.1, 0.15) is 10.5 Å². The molecule has 4 rings (SSSR count). The number of anilines is 1. The molecule has 0 aliphatic carbocycles. The molecule has 0 spiro atoms. The topological polar surface area (TPSA) is 76.5 Å². The first-order valence-electron chi connectivity index (χ1n) is 8.58. The molecule has 2 heterocycles. The van der Waals surface area contributed by atoms with Crippen molar-refractivity contribution in [2.24, 2.45) is 0 Å². The van der Waals surface area contributed by atoms with Gasteiger partial charge in [0, 0.05) is 38.3 Å². The Kier molecular flexibility index (Phi) is 4.45. The Morgan fingerprint density at radius 3 is 2.41 bits per heavy atom. The second-order valence-corrected chi connectivity index (χ2v) is 6.19. The van der Waals surface area contributed by atoms with Crippen molar-refractivity contribution in [3.05, 3.63) is 66.1 Å². The number of aromatic nitrogens is 2. The lowest BCUT2D eigenvalue weighted by atomic mass is 10.2. The van der Waals surface area contributed by atoms with Gasteiger partial charge in [0.1, 0.15) is 5.82 Å². The minimum absolute atomic E-state index is 0.138. The predicted molar refractivity (Wildman–Crippen MR) is 92.0 cm³/mol. The van der Waals surface area contributed by atoms with E-state index in [2.05, 4.69) is 5.27 Å². The van der Waals surface area contributed by atoms with Crippen LogP contribution in [0.3, 0.4) is 0 Å². The van der Waals surface area contributed by atoms with Crippen LogP contribution in [0.25, 0.3) is 5.69 Å². The maximum Gasteiger partial charge on any atom is 0.327 e. The molecule has 1 amide bonds. The summed E-state index contributed by atoms with van der Waals surface area (Å²) in [6.07, 6.45) is 0. The highest BCUT2D eigenvalue weighted by Gasteiger charge is 2.33. The SMILES string of the molecule is O=C(c1c([O-])on[n+]1-c1ccccc1)N1CCN(c2ccccc2F)CC1. The van der Waals surface area contributed by atoms with E-state index >= 15 is 0 Å². The second-order valence-electron chi connectivity index (χ2n) is 6.19. The zero-order valence-corrected chi connectivity index (χ0v) is 14.4. The smallest absolute Gasteiger partial charge is 0.327 e. The third-order valence-corrected chi connectivity index (χ3v) is 4.57. The fraction of sp³-hybridized carbons (Fsp3) is 0.211. The Morgan fingerprint density at radius 2 is 1.70 bits per heavy atom. The summed E-state index contributed by atoms with van der Waals surface area (Å²) in [4.78, 5) is 16.3. The molecule has 0 bridgehead atoms. The molecule has 0 saturated carbocycles. The van der Waals surface area contributed by atoms with Gasteiger partial charge in [-0.25, -0.2) is 4.39 Å². The molecule has 0 unspecified atom stereocenters. The minimum Gasteiger partial charge on any atom is -0.538 e. The fourth-order valence-corrected chi connectivity index (χ4v) is 3.18. The molecular weight excluding hydrogens is 351 g/mol. The van der Waals surface area contributed by atoms with Crippen molar-refractivity contribution < 1.29 is 23.5 Å². The van der Waals surface area contributed by atoms with E-state index in [4.69, 9.17) is 4.52 Å². The lowest BCUT2D eigenvalue weighted by molar-refractivity contribution is -0.672. The molecule has 0 radical (unpaired) electrons. The molecule has 1 fully saturated rings. The van der Waals surface area contributed by atoms with Crippen LogP contribution in [-0.4, -0.2) is 42.3 Å². The number of nitrogens with zero attached hydrogens (tertiary/aromatic N) is 4. The van der Waals surface area contributed by atoms with Crippen LogP contribution >= 0.6 is 0 Å². The molecule has 1 saturated heterocycles. The molecule has 0 atom stereocenters. The first-order valence-corrected chi connectivity index (χ1v) is 8.58. The summed E-state index contributed by atoms with van der Waals surface area (Å²) in [7, 11) is 0. The number of piperazine rings is 1. The van der Waals surface area contributed by atoms with Gasteiger partial charge in [0.25, 0.3) is 0 Å². The fourth-order valence-electron chi connectivity index (χ4n) is 3.18. The van der Waals surface area contributed by atoms with Crippen LogP contribution in [0, 0.1) is 5.82 Å². The number of hydrogen-bond donors (Lipinski definition) is 0. The van der Waals surface area contributed by atoms with Gasteiger partial charge in [-0.05, 0) is 16.8 Å². The van der Waals surface area contributed by atoms with Crippen LogP contribution in [0.2, 0.25) is 0 Å². The molecule has 3 aromatic rings. The van der Waals surface area contributed by atoms with Crippen LogP contribution in [0.15, 0.2) is 59.1 Å². The quantitative estimate of drug-likeness (QED) is 0.648. The molecule has 1 aromatic heterocycles. The van der Waals surface area contributed by atoms with E-state index in [0.29, 0.717) is 37.6 Å². The molecule has 138 valence electrons. The van der Waals surface area contributed by atoms with Crippen LogP contribution < -0.4 is 14.7 Å². The van der Waals surface area contributed by atoms with Crippen molar-refractivity contribution >= 4 is 11.6 Å². The highest BCUT2D eigenvalue weighted by molar-refractivity contribution is 5.92. The number of para-hydroxylation sites is 2. The summed E-state index contributed by atoms with van der Waals surface area (Å²) < 4.78 is 19.9. The van der Waals surface area contributed by atoms with Crippen molar-refractivity contribution in [3.63, 3.8) is 0 Å². The minimum atomic E-state index is -0.777. The van der Waals surface area contributed by atoms with E-state index in [0.717, 1.165) is 0 Å². The summed E-state index contributed by atoms with van der Waals surface area (Å²) >= 11 is 0. The zero-order valence-electron chi connectivity index (χ0n) is 14.4. The maximum absolute atomic E-state index is 14.0.